The van der Waals surface area contributed by atoms with Gasteiger partial charge < -0.3 is 20.2 Å². The molecule has 1 saturated carbocycles. The molecule has 0 spiro atoms. The van der Waals surface area contributed by atoms with E-state index in [9.17, 15) is 8.78 Å². The molecule has 1 aliphatic carbocycles. The van der Waals surface area contributed by atoms with Crippen molar-refractivity contribution >= 4 is 22.6 Å². The second kappa shape index (κ2) is 7.28. The number of H-pyrrole nitrogens is 1. The Labute approximate surface area is 180 Å². The van der Waals surface area contributed by atoms with Gasteiger partial charge in [-0.25, -0.2) is 18.7 Å². The van der Waals surface area contributed by atoms with Crippen LogP contribution in [-0.2, 0) is 0 Å². The minimum atomic E-state index is -2.83. The van der Waals surface area contributed by atoms with Crippen molar-refractivity contribution in [3.05, 3.63) is 48.6 Å². The minimum Gasteiger partial charge on any atom is -0.492 e. The van der Waals surface area contributed by atoms with Crippen molar-refractivity contribution in [1.82, 2.24) is 20.2 Å². The molecular formula is C21H17F2N7O2. The van der Waals surface area contributed by atoms with Crippen LogP contribution in [0, 0.1) is 16.7 Å². The first-order valence-electron chi connectivity index (χ1n) is 9.70. The van der Waals surface area contributed by atoms with Crippen LogP contribution in [0.2, 0.25) is 0 Å². The van der Waals surface area contributed by atoms with E-state index in [1.807, 2.05) is 6.07 Å². The Hall–Kier alpha value is -4.04. The average molecular weight is 437 g/mol. The van der Waals surface area contributed by atoms with E-state index in [4.69, 9.17) is 20.1 Å². The normalized spacial score (nSPS) is 18.9. The van der Waals surface area contributed by atoms with E-state index < -0.39 is 11.3 Å². The molecule has 3 heterocycles. The summed E-state index contributed by atoms with van der Waals surface area (Å²) in [5.41, 5.74) is 6.07. The number of aromatic nitrogens is 4. The highest BCUT2D eigenvalue weighted by atomic mass is 19.3. The highest BCUT2D eigenvalue weighted by Gasteiger charge is 2.70. The lowest BCUT2D eigenvalue weighted by Gasteiger charge is -2.17. The van der Waals surface area contributed by atoms with E-state index in [1.165, 1.54) is 18.7 Å². The molecule has 162 valence electrons. The molecule has 4 N–H and O–H groups in total. The molecule has 32 heavy (non-hydrogen) atoms. The first-order chi connectivity index (χ1) is 15.4. The molecule has 5 rings (SSSR count). The summed E-state index contributed by atoms with van der Waals surface area (Å²) >= 11 is 0. The number of hydrogen-bond acceptors (Lipinski definition) is 8. The number of rotatable bonds is 7. The van der Waals surface area contributed by atoms with Crippen molar-refractivity contribution in [2.24, 2.45) is 11.1 Å². The fraction of sp³-hybridized carbons (Fsp3) is 0.238. The maximum atomic E-state index is 13.8. The van der Waals surface area contributed by atoms with Crippen LogP contribution in [0.3, 0.4) is 0 Å². The lowest BCUT2D eigenvalue weighted by atomic mass is 10.1. The Kier molecular flexibility index (Phi) is 4.53. The zero-order valence-electron chi connectivity index (χ0n) is 16.6. The van der Waals surface area contributed by atoms with Gasteiger partial charge in [-0.2, -0.15) is 10.4 Å². The molecule has 4 aromatic rings. The van der Waals surface area contributed by atoms with Gasteiger partial charge in [-0.1, -0.05) is 0 Å². The number of fused-ring (bicyclic) bond motifs is 1. The van der Waals surface area contributed by atoms with Gasteiger partial charge >= 0.3 is 0 Å². The number of anilines is 2. The van der Waals surface area contributed by atoms with Gasteiger partial charge in [0.25, 0.3) is 5.92 Å². The molecule has 0 radical (unpaired) electrons. The van der Waals surface area contributed by atoms with Crippen LogP contribution in [0.15, 0.2) is 47.3 Å². The number of nitriles is 1. The first-order valence-corrected chi connectivity index (χ1v) is 9.70. The number of nitrogens with two attached hydrogens (primary N) is 1. The van der Waals surface area contributed by atoms with Crippen molar-refractivity contribution in [3.8, 4) is 23.1 Å². The lowest BCUT2D eigenvalue weighted by molar-refractivity contribution is 0.0459. The van der Waals surface area contributed by atoms with Crippen molar-refractivity contribution in [3.63, 3.8) is 0 Å². The summed E-state index contributed by atoms with van der Waals surface area (Å²) < 4.78 is 39.1. The SMILES string of the molecule is N#Cc1cnc(Nc2cc(-c3c(OCC4(CN)CC4(F)F)ccc4ccoc34)[nH]n2)cn1. The van der Waals surface area contributed by atoms with E-state index >= 15 is 0 Å². The van der Waals surface area contributed by atoms with E-state index in [-0.39, 0.29) is 25.3 Å². The molecule has 1 aromatic carbocycles. The average Bonchev–Trinajstić information content (AvgIpc) is 3.20. The van der Waals surface area contributed by atoms with E-state index in [0.29, 0.717) is 34.2 Å². The Morgan fingerprint density at radius 2 is 2.09 bits per heavy atom. The first kappa shape index (κ1) is 19.9. The number of nitrogens with one attached hydrogen (secondary N) is 2. The van der Waals surface area contributed by atoms with Crippen molar-refractivity contribution in [2.75, 3.05) is 18.5 Å². The molecule has 0 amide bonds. The van der Waals surface area contributed by atoms with Gasteiger partial charge in [-0.15, -0.1) is 0 Å². The Morgan fingerprint density at radius 1 is 1.25 bits per heavy atom. The fourth-order valence-electron chi connectivity index (χ4n) is 3.52. The summed E-state index contributed by atoms with van der Waals surface area (Å²) in [4.78, 5) is 8.05. The van der Waals surface area contributed by atoms with E-state index in [1.54, 1.807) is 24.3 Å². The Balaban J connectivity index is 1.45. The smallest absolute Gasteiger partial charge is 0.259 e. The van der Waals surface area contributed by atoms with Gasteiger partial charge in [0.05, 0.1) is 35.3 Å². The van der Waals surface area contributed by atoms with Gasteiger partial charge in [0.1, 0.15) is 29.8 Å². The highest BCUT2D eigenvalue weighted by Crippen LogP contribution is 2.60. The number of benzene rings is 1. The van der Waals surface area contributed by atoms with Crippen LogP contribution < -0.4 is 15.8 Å². The molecule has 0 saturated heterocycles. The summed E-state index contributed by atoms with van der Waals surface area (Å²) in [5, 5.41) is 19.7. The number of nitrogens with zero attached hydrogens (tertiary/aromatic N) is 4. The summed E-state index contributed by atoms with van der Waals surface area (Å²) in [6, 6.07) is 8.89. The predicted octanol–water partition coefficient (Wildman–Crippen LogP) is 3.59. The molecule has 9 nitrogen and oxygen atoms in total. The third-order valence-corrected chi connectivity index (χ3v) is 5.56. The molecule has 1 fully saturated rings. The van der Waals surface area contributed by atoms with Crippen molar-refractivity contribution in [1.29, 1.82) is 5.26 Å². The topological polar surface area (TPSA) is 139 Å². The van der Waals surface area contributed by atoms with Crippen molar-refractivity contribution in [2.45, 2.75) is 12.3 Å². The zero-order chi connectivity index (χ0) is 22.3. The van der Waals surface area contributed by atoms with Crippen LogP contribution in [-0.4, -0.2) is 39.2 Å². The molecule has 1 atom stereocenters. The van der Waals surface area contributed by atoms with Gasteiger partial charge in [0.15, 0.2) is 11.5 Å². The van der Waals surface area contributed by atoms with Crippen LogP contribution in [0.1, 0.15) is 12.1 Å². The Bertz CT molecular complexity index is 1330. The second-order valence-electron chi connectivity index (χ2n) is 7.62. The standard InChI is InChI=1S/C21H17F2N7O2/c22-21(23)9-20(21,10-25)11-32-15-2-1-12-3-4-31-19(12)18(15)14-5-16(30-29-14)28-17-8-26-13(6-24)7-27-17/h1-5,7-8H,9-11,25H2,(H2,27,28,29,30). The summed E-state index contributed by atoms with van der Waals surface area (Å²) in [6.07, 6.45) is 4.00. The van der Waals surface area contributed by atoms with Crippen molar-refractivity contribution < 1.29 is 17.9 Å². The molecule has 0 bridgehead atoms. The maximum Gasteiger partial charge on any atom is 0.259 e. The van der Waals surface area contributed by atoms with Crippen LogP contribution in [0.25, 0.3) is 22.2 Å². The van der Waals surface area contributed by atoms with Crippen LogP contribution >= 0.6 is 0 Å². The number of ether oxygens (including phenoxy) is 1. The predicted molar refractivity (Wildman–Crippen MR) is 110 cm³/mol. The highest BCUT2D eigenvalue weighted by molar-refractivity contribution is 5.95. The number of halogens is 2. The number of alkyl halides is 2. The summed E-state index contributed by atoms with van der Waals surface area (Å²) in [7, 11) is 0. The van der Waals surface area contributed by atoms with E-state index in [0.717, 1.165) is 5.39 Å². The van der Waals surface area contributed by atoms with Gasteiger partial charge in [-0.05, 0) is 18.2 Å². The number of hydrogen-bond donors (Lipinski definition) is 3. The fourth-order valence-corrected chi connectivity index (χ4v) is 3.52. The summed E-state index contributed by atoms with van der Waals surface area (Å²) in [5.74, 6) is -1.63. The van der Waals surface area contributed by atoms with Gasteiger partial charge in [0.2, 0.25) is 0 Å². The molecule has 11 heteroatoms. The second-order valence-corrected chi connectivity index (χ2v) is 7.62. The van der Waals surface area contributed by atoms with Crippen LogP contribution in [0.4, 0.5) is 20.4 Å². The summed E-state index contributed by atoms with van der Waals surface area (Å²) in [6.45, 7) is -0.377. The third kappa shape index (κ3) is 3.30. The van der Waals surface area contributed by atoms with Gasteiger partial charge in [-0.3, -0.25) is 5.10 Å². The quantitative estimate of drug-likeness (QED) is 0.399. The number of aromatic amines is 1. The lowest BCUT2D eigenvalue weighted by Crippen LogP contribution is -2.29. The molecule has 3 aromatic heterocycles. The molecule has 0 aliphatic heterocycles. The molecule has 1 unspecified atom stereocenters. The maximum absolute atomic E-state index is 13.8. The third-order valence-electron chi connectivity index (χ3n) is 5.56. The van der Waals surface area contributed by atoms with Crippen LogP contribution in [0.5, 0.6) is 5.75 Å². The number of furan rings is 1. The Morgan fingerprint density at radius 3 is 2.78 bits per heavy atom. The largest absolute Gasteiger partial charge is 0.492 e. The molecular weight excluding hydrogens is 420 g/mol. The van der Waals surface area contributed by atoms with Gasteiger partial charge in [0, 0.05) is 24.4 Å². The monoisotopic (exact) mass is 437 g/mol. The van der Waals surface area contributed by atoms with E-state index in [2.05, 4.69) is 25.5 Å². The molecule has 1 aliphatic rings. The minimum absolute atomic E-state index is 0.165. The zero-order valence-corrected chi connectivity index (χ0v) is 16.6.